The molecule has 1 aliphatic rings. The maximum Gasteiger partial charge on any atom is 0.251 e. The van der Waals surface area contributed by atoms with Gasteiger partial charge in [0.15, 0.2) is 0 Å². The summed E-state index contributed by atoms with van der Waals surface area (Å²) in [7, 11) is 1.64. The third-order valence-electron chi connectivity index (χ3n) is 7.11. The Balaban J connectivity index is 1.36. The minimum atomic E-state index is -0.225. The van der Waals surface area contributed by atoms with Gasteiger partial charge in [0.25, 0.3) is 5.91 Å². The van der Waals surface area contributed by atoms with Crippen LogP contribution in [0, 0.1) is 0 Å². The molecule has 0 saturated carbocycles. The van der Waals surface area contributed by atoms with Gasteiger partial charge in [-0.05, 0) is 42.9 Å². The zero-order valence-electron chi connectivity index (χ0n) is 22.2. The molecule has 1 unspecified atom stereocenters. The largest absolute Gasteiger partial charge is 0.393 e. The summed E-state index contributed by atoms with van der Waals surface area (Å²) >= 11 is 1.77. The van der Waals surface area contributed by atoms with Crippen LogP contribution in [0.5, 0.6) is 0 Å². The van der Waals surface area contributed by atoms with Crippen LogP contribution in [0.3, 0.4) is 0 Å². The maximum atomic E-state index is 12.4. The van der Waals surface area contributed by atoms with Crippen LogP contribution in [-0.2, 0) is 0 Å². The van der Waals surface area contributed by atoms with Gasteiger partial charge >= 0.3 is 0 Å². The first kappa shape index (κ1) is 26.8. The average molecular weight is 544 g/mol. The minimum absolute atomic E-state index is 0.121. The molecule has 0 radical (unpaired) electrons. The quantitative estimate of drug-likeness (QED) is 0.288. The van der Waals surface area contributed by atoms with E-state index in [1.807, 2.05) is 30.3 Å². The lowest BCUT2D eigenvalue weighted by molar-refractivity contribution is 0.0964. The Morgan fingerprint density at radius 1 is 1.10 bits per heavy atom. The Morgan fingerprint density at radius 3 is 2.72 bits per heavy atom. The summed E-state index contributed by atoms with van der Waals surface area (Å²) in [5.74, 6) is 2.55. The Labute approximate surface area is 232 Å². The van der Waals surface area contributed by atoms with Crippen molar-refractivity contribution in [1.82, 2.24) is 25.3 Å². The highest BCUT2D eigenvalue weighted by molar-refractivity contribution is 7.98. The highest BCUT2D eigenvalue weighted by atomic mass is 32.2. The van der Waals surface area contributed by atoms with Crippen molar-refractivity contribution >= 4 is 40.2 Å². The maximum absolute atomic E-state index is 12.4. The second kappa shape index (κ2) is 12.4. The summed E-state index contributed by atoms with van der Waals surface area (Å²) in [5.41, 5.74) is 4.35. The van der Waals surface area contributed by atoms with Crippen LogP contribution in [0.1, 0.15) is 34.7 Å². The number of amides is 1. The van der Waals surface area contributed by atoms with E-state index in [0.717, 1.165) is 71.0 Å². The van der Waals surface area contributed by atoms with Crippen molar-refractivity contribution in [1.29, 1.82) is 0 Å². The number of aliphatic hydroxyl groups excluding tert-OH is 1. The zero-order chi connectivity index (χ0) is 27.2. The number of pyridine rings is 2. The highest BCUT2D eigenvalue weighted by Gasteiger charge is 2.20. The lowest BCUT2D eigenvalue weighted by Crippen LogP contribution is -2.36. The number of aliphatic hydroxyl groups is 1. The molecular formula is C29H33N7O2S. The molecule has 39 heavy (non-hydrogen) atoms. The van der Waals surface area contributed by atoms with Gasteiger partial charge < -0.3 is 20.6 Å². The van der Waals surface area contributed by atoms with Gasteiger partial charge in [-0.1, -0.05) is 18.2 Å². The normalized spacial score (nSPS) is 14.8. The number of piperidine rings is 1. The number of nitrogens with one attached hydrogen (secondary N) is 2. The second-order valence-corrected chi connectivity index (χ2v) is 10.5. The van der Waals surface area contributed by atoms with Gasteiger partial charge in [0, 0.05) is 67.8 Å². The first-order valence-corrected chi connectivity index (χ1v) is 14.5. The smallest absolute Gasteiger partial charge is 0.251 e. The fraction of sp³-hybridized carbons (Fsp3) is 0.345. The second-order valence-electron chi connectivity index (χ2n) is 9.62. The molecule has 9 nitrogen and oxygen atoms in total. The Kier molecular flexibility index (Phi) is 8.53. The third kappa shape index (κ3) is 6.12. The number of hydrogen-bond acceptors (Lipinski definition) is 9. The van der Waals surface area contributed by atoms with Crippen molar-refractivity contribution < 1.29 is 9.90 Å². The van der Waals surface area contributed by atoms with Gasteiger partial charge in [-0.3, -0.25) is 9.78 Å². The standard InChI is InChI=1S/C29H33N7O2S/c1-30-29(38)24-7-11-32-28-22(4-3-5-23(24)28)20(17-39-2)16-33-26-15-25(34-18-35-26)19-6-10-31-27(14-19)36-12-8-21(37)9-13-36/h3-7,10-11,14-15,18,20-21,37H,8-9,12-13,16-17H2,1-2H3,(H,30,38)(H,33,34,35). The molecule has 202 valence electrons. The summed E-state index contributed by atoms with van der Waals surface area (Å²) < 4.78 is 0. The summed E-state index contributed by atoms with van der Waals surface area (Å²) in [4.78, 5) is 32.8. The van der Waals surface area contributed by atoms with Crippen molar-refractivity contribution in [2.24, 2.45) is 0 Å². The van der Waals surface area contributed by atoms with Crippen LogP contribution < -0.4 is 15.5 Å². The molecule has 1 fully saturated rings. The predicted molar refractivity (Wildman–Crippen MR) is 157 cm³/mol. The van der Waals surface area contributed by atoms with E-state index in [2.05, 4.69) is 47.8 Å². The molecule has 1 saturated heterocycles. The zero-order valence-corrected chi connectivity index (χ0v) is 23.0. The molecule has 0 aliphatic carbocycles. The number of thioether (sulfide) groups is 1. The number of para-hydroxylation sites is 1. The Hall–Kier alpha value is -3.76. The molecule has 1 atom stereocenters. The number of rotatable bonds is 9. The van der Waals surface area contributed by atoms with Gasteiger partial charge in [-0.2, -0.15) is 11.8 Å². The summed E-state index contributed by atoms with van der Waals surface area (Å²) in [6.45, 7) is 2.23. The van der Waals surface area contributed by atoms with Crippen molar-refractivity contribution in [2.75, 3.05) is 48.9 Å². The molecule has 0 bridgehead atoms. The van der Waals surface area contributed by atoms with Gasteiger partial charge in [0.05, 0.1) is 22.9 Å². The highest BCUT2D eigenvalue weighted by Crippen LogP contribution is 2.29. The third-order valence-corrected chi connectivity index (χ3v) is 7.84. The molecule has 10 heteroatoms. The van der Waals surface area contributed by atoms with Gasteiger partial charge in [-0.25, -0.2) is 15.0 Å². The number of carbonyl (C=O) groups excluding carboxylic acids is 1. The van der Waals surface area contributed by atoms with Gasteiger partial charge in [0.1, 0.15) is 18.0 Å². The van der Waals surface area contributed by atoms with E-state index < -0.39 is 0 Å². The van der Waals surface area contributed by atoms with E-state index in [0.29, 0.717) is 12.1 Å². The van der Waals surface area contributed by atoms with E-state index in [1.165, 1.54) is 0 Å². The SMILES string of the molecule is CNC(=O)c1ccnc2c(C(CNc3cc(-c4ccnc(N5CCC(O)CC5)c4)ncn3)CSC)cccc12. The molecule has 1 aliphatic heterocycles. The summed E-state index contributed by atoms with van der Waals surface area (Å²) in [5, 5.41) is 16.9. The van der Waals surface area contributed by atoms with E-state index in [4.69, 9.17) is 0 Å². The van der Waals surface area contributed by atoms with Crippen LogP contribution in [-0.4, -0.2) is 75.7 Å². The molecule has 1 amide bonds. The van der Waals surface area contributed by atoms with E-state index >= 15 is 0 Å². The lowest BCUT2D eigenvalue weighted by atomic mass is 9.95. The van der Waals surface area contributed by atoms with Crippen LogP contribution in [0.4, 0.5) is 11.6 Å². The first-order chi connectivity index (χ1) is 19.1. The van der Waals surface area contributed by atoms with E-state index in [9.17, 15) is 9.90 Å². The fourth-order valence-electron chi connectivity index (χ4n) is 5.01. The minimum Gasteiger partial charge on any atom is -0.393 e. The van der Waals surface area contributed by atoms with Gasteiger partial charge in [0.2, 0.25) is 0 Å². The van der Waals surface area contributed by atoms with Crippen LogP contribution in [0.15, 0.2) is 61.2 Å². The molecule has 3 N–H and O–H groups in total. The fourth-order valence-corrected chi connectivity index (χ4v) is 5.71. The number of nitrogens with zero attached hydrogens (tertiary/aromatic N) is 5. The van der Waals surface area contributed by atoms with Crippen molar-refractivity contribution in [3.05, 3.63) is 72.3 Å². The van der Waals surface area contributed by atoms with E-state index in [1.54, 1.807) is 43.6 Å². The number of hydrogen-bond donors (Lipinski definition) is 3. The molecular weight excluding hydrogens is 510 g/mol. The lowest BCUT2D eigenvalue weighted by Gasteiger charge is -2.30. The van der Waals surface area contributed by atoms with Crippen LogP contribution >= 0.6 is 11.8 Å². The number of aromatic nitrogens is 4. The Bertz CT molecular complexity index is 1440. The van der Waals surface area contributed by atoms with Crippen LogP contribution in [0.2, 0.25) is 0 Å². The molecule has 0 spiro atoms. The van der Waals surface area contributed by atoms with E-state index in [-0.39, 0.29) is 17.9 Å². The first-order valence-electron chi connectivity index (χ1n) is 13.1. The molecule has 3 aromatic heterocycles. The Morgan fingerprint density at radius 2 is 1.92 bits per heavy atom. The van der Waals surface area contributed by atoms with Crippen molar-refractivity contribution in [3.8, 4) is 11.3 Å². The number of anilines is 2. The molecule has 4 aromatic rings. The average Bonchev–Trinajstić information content (AvgIpc) is 2.99. The molecule has 4 heterocycles. The molecule has 5 rings (SSSR count). The van der Waals surface area contributed by atoms with Crippen LogP contribution in [0.25, 0.3) is 22.2 Å². The number of carbonyl (C=O) groups is 1. The monoisotopic (exact) mass is 543 g/mol. The number of benzene rings is 1. The topological polar surface area (TPSA) is 116 Å². The summed E-state index contributed by atoms with van der Waals surface area (Å²) in [6, 6.07) is 13.8. The molecule has 1 aromatic carbocycles. The van der Waals surface area contributed by atoms with Gasteiger partial charge in [-0.15, -0.1) is 0 Å². The van der Waals surface area contributed by atoms with Crippen molar-refractivity contribution in [2.45, 2.75) is 24.9 Å². The predicted octanol–water partition coefficient (Wildman–Crippen LogP) is 3.97. The number of fused-ring (bicyclic) bond motifs is 1. The van der Waals surface area contributed by atoms with Crippen molar-refractivity contribution in [3.63, 3.8) is 0 Å². The summed E-state index contributed by atoms with van der Waals surface area (Å²) in [6.07, 6.45) is 8.46.